The monoisotopic (exact) mass is 394 g/mol. The van der Waals surface area contributed by atoms with Crippen LogP contribution in [-0.4, -0.2) is 38.3 Å². The Hall–Kier alpha value is -1.90. The van der Waals surface area contributed by atoms with Crippen LogP contribution in [0.4, 0.5) is 5.69 Å². The van der Waals surface area contributed by atoms with Crippen molar-refractivity contribution in [3.63, 3.8) is 0 Å². The number of hydrogen-bond donors (Lipinski definition) is 1. The van der Waals surface area contributed by atoms with Crippen molar-refractivity contribution in [1.82, 2.24) is 4.31 Å². The summed E-state index contributed by atoms with van der Waals surface area (Å²) in [7, 11) is -3.55. The van der Waals surface area contributed by atoms with E-state index in [1.54, 1.807) is 24.3 Å². The highest BCUT2D eigenvalue weighted by Crippen LogP contribution is 2.26. The van der Waals surface area contributed by atoms with Gasteiger partial charge in [-0.1, -0.05) is 0 Å². The molecule has 0 spiro atoms. The Morgan fingerprint density at radius 1 is 1.23 bits per heavy atom. The van der Waals surface area contributed by atoms with Gasteiger partial charge in [0, 0.05) is 24.4 Å². The lowest BCUT2D eigenvalue weighted by atomic mass is 9.97. The smallest absolute Gasteiger partial charge is 0.243 e. The Labute approximate surface area is 157 Å². The van der Waals surface area contributed by atoms with Gasteiger partial charge in [-0.15, -0.1) is 0 Å². The molecule has 2 aromatic rings. The number of carbonyl (C=O) groups is 1. The van der Waals surface area contributed by atoms with E-state index >= 15 is 0 Å². The summed E-state index contributed by atoms with van der Waals surface area (Å²) in [5.74, 6) is 0.443. The lowest BCUT2D eigenvalue weighted by Crippen LogP contribution is -2.41. The molecule has 0 saturated carbocycles. The number of nitrogens with one attached hydrogen (secondary N) is 1. The number of ether oxygens (including phenoxy) is 1. The van der Waals surface area contributed by atoms with Crippen LogP contribution in [0, 0.1) is 5.92 Å². The first-order chi connectivity index (χ1) is 12.5. The van der Waals surface area contributed by atoms with Crippen molar-refractivity contribution in [1.29, 1.82) is 0 Å². The summed E-state index contributed by atoms with van der Waals surface area (Å²) >= 11 is 1.52. The van der Waals surface area contributed by atoms with Crippen LogP contribution in [0.5, 0.6) is 5.75 Å². The van der Waals surface area contributed by atoms with E-state index in [1.165, 1.54) is 15.6 Å². The quantitative estimate of drug-likeness (QED) is 0.816. The molecule has 0 unspecified atom stereocenters. The average molecular weight is 395 g/mol. The van der Waals surface area contributed by atoms with Crippen molar-refractivity contribution in [2.24, 2.45) is 5.92 Å². The predicted molar refractivity (Wildman–Crippen MR) is 102 cm³/mol. The standard InChI is InChI=1S/C18H22N2O4S2/c1-2-24-16-3-5-17(6-4-16)26(22,23)20-10-7-14(8-11-20)18(21)19-15-9-12-25-13-15/h3-6,9,12-14H,2,7-8,10-11H2,1H3,(H,19,21). The molecule has 8 heteroatoms. The third-order valence-corrected chi connectivity index (χ3v) is 6.98. The fourth-order valence-corrected chi connectivity index (χ4v) is 5.02. The summed E-state index contributed by atoms with van der Waals surface area (Å²) in [4.78, 5) is 12.6. The number of benzene rings is 1. The number of nitrogens with zero attached hydrogens (tertiary/aromatic N) is 1. The molecule has 140 valence electrons. The molecule has 1 N–H and O–H groups in total. The molecule has 0 atom stereocenters. The van der Waals surface area contributed by atoms with Crippen LogP contribution in [0.2, 0.25) is 0 Å². The molecule has 1 saturated heterocycles. The molecule has 1 amide bonds. The number of carbonyl (C=O) groups excluding carboxylic acids is 1. The SMILES string of the molecule is CCOc1ccc(S(=O)(=O)N2CCC(C(=O)Nc3ccsc3)CC2)cc1. The van der Waals surface area contributed by atoms with Crippen LogP contribution in [0.15, 0.2) is 46.0 Å². The molecular formula is C18H22N2O4S2. The first-order valence-electron chi connectivity index (χ1n) is 8.57. The molecule has 0 bridgehead atoms. The second kappa shape index (κ2) is 8.20. The van der Waals surface area contributed by atoms with Crippen molar-refractivity contribution < 1.29 is 17.9 Å². The third-order valence-electron chi connectivity index (χ3n) is 4.39. The maximum absolute atomic E-state index is 12.8. The Bertz CT molecular complexity index is 825. The van der Waals surface area contributed by atoms with E-state index in [-0.39, 0.29) is 16.7 Å². The highest BCUT2D eigenvalue weighted by molar-refractivity contribution is 7.89. The Morgan fingerprint density at radius 2 is 1.92 bits per heavy atom. The minimum absolute atomic E-state index is 0.0403. The normalized spacial score (nSPS) is 16.3. The van der Waals surface area contributed by atoms with Crippen molar-refractivity contribution in [2.45, 2.75) is 24.7 Å². The average Bonchev–Trinajstić information content (AvgIpc) is 3.15. The minimum atomic E-state index is -3.55. The van der Waals surface area contributed by atoms with Crippen molar-refractivity contribution >= 4 is 33.0 Å². The third kappa shape index (κ3) is 4.25. The molecule has 6 nitrogen and oxygen atoms in total. The van der Waals surface area contributed by atoms with Gasteiger partial charge in [-0.05, 0) is 55.5 Å². The fraction of sp³-hybridized carbons (Fsp3) is 0.389. The molecule has 26 heavy (non-hydrogen) atoms. The number of rotatable bonds is 6. The van der Waals surface area contributed by atoms with Crippen LogP contribution in [0.25, 0.3) is 0 Å². The second-order valence-corrected chi connectivity index (χ2v) is 8.80. The molecule has 1 fully saturated rings. The molecule has 1 aliphatic rings. The topological polar surface area (TPSA) is 75.7 Å². The fourth-order valence-electron chi connectivity index (χ4n) is 2.96. The van der Waals surface area contributed by atoms with Gasteiger partial charge in [-0.3, -0.25) is 4.79 Å². The van der Waals surface area contributed by atoms with E-state index in [9.17, 15) is 13.2 Å². The van der Waals surface area contributed by atoms with E-state index in [0.717, 1.165) is 5.69 Å². The van der Waals surface area contributed by atoms with Gasteiger partial charge in [-0.25, -0.2) is 8.42 Å². The zero-order valence-corrected chi connectivity index (χ0v) is 16.2. The van der Waals surface area contributed by atoms with E-state index in [0.29, 0.717) is 38.3 Å². The molecule has 0 radical (unpaired) electrons. The van der Waals surface area contributed by atoms with Crippen molar-refractivity contribution in [3.05, 3.63) is 41.1 Å². The second-order valence-electron chi connectivity index (χ2n) is 6.08. The van der Waals surface area contributed by atoms with E-state index in [1.807, 2.05) is 23.8 Å². The number of hydrogen-bond acceptors (Lipinski definition) is 5. The zero-order valence-electron chi connectivity index (χ0n) is 14.6. The molecule has 1 aromatic heterocycles. The van der Waals surface area contributed by atoms with E-state index < -0.39 is 10.0 Å². The maximum Gasteiger partial charge on any atom is 0.243 e. The number of anilines is 1. The lowest BCUT2D eigenvalue weighted by Gasteiger charge is -2.30. The predicted octanol–water partition coefficient (Wildman–Crippen LogP) is 3.19. The summed E-state index contributed by atoms with van der Waals surface area (Å²) in [6.45, 7) is 3.10. The van der Waals surface area contributed by atoms with Crippen molar-refractivity contribution in [3.8, 4) is 5.75 Å². The van der Waals surface area contributed by atoms with E-state index in [4.69, 9.17) is 4.74 Å². The largest absolute Gasteiger partial charge is 0.494 e. The van der Waals surface area contributed by atoms with Gasteiger partial charge in [0.2, 0.25) is 15.9 Å². The number of piperidine rings is 1. The van der Waals surface area contributed by atoms with Crippen LogP contribution < -0.4 is 10.1 Å². The summed E-state index contributed by atoms with van der Waals surface area (Å²) in [5.41, 5.74) is 0.796. The Kier molecular flexibility index (Phi) is 5.95. The minimum Gasteiger partial charge on any atom is -0.494 e. The summed E-state index contributed by atoms with van der Waals surface area (Å²) in [6, 6.07) is 8.31. The molecule has 1 aromatic carbocycles. The Morgan fingerprint density at radius 3 is 2.50 bits per heavy atom. The number of thiophene rings is 1. The van der Waals surface area contributed by atoms with Gasteiger partial charge < -0.3 is 10.1 Å². The van der Waals surface area contributed by atoms with Gasteiger partial charge in [-0.2, -0.15) is 15.6 Å². The van der Waals surface area contributed by atoms with Gasteiger partial charge in [0.15, 0.2) is 0 Å². The van der Waals surface area contributed by atoms with Gasteiger partial charge in [0.1, 0.15) is 5.75 Å². The molecule has 2 heterocycles. The van der Waals surface area contributed by atoms with Crippen LogP contribution in [-0.2, 0) is 14.8 Å². The zero-order chi connectivity index (χ0) is 18.6. The number of sulfonamides is 1. The maximum atomic E-state index is 12.8. The molecule has 3 rings (SSSR count). The van der Waals surface area contributed by atoms with Crippen molar-refractivity contribution in [2.75, 3.05) is 25.0 Å². The summed E-state index contributed by atoms with van der Waals surface area (Å²) < 4.78 is 32.4. The van der Waals surface area contributed by atoms with Crippen LogP contribution >= 0.6 is 11.3 Å². The highest BCUT2D eigenvalue weighted by Gasteiger charge is 2.32. The van der Waals surface area contributed by atoms with Gasteiger partial charge in [0.05, 0.1) is 17.2 Å². The summed E-state index contributed by atoms with van der Waals surface area (Å²) in [5, 5.41) is 6.67. The van der Waals surface area contributed by atoms with Gasteiger partial charge in [0.25, 0.3) is 0 Å². The summed E-state index contributed by atoms with van der Waals surface area (Å²) in [6.07, 6.45) is 1.04. The first-order valence-corrected chi connectivity index (χ1v) is 10.9. The molecule has 1 aliphatic heterocycles. The van der Waals surface area contributed by atoms with Gasteiger partial charge >= 0.3 is 0 Å². The van der Waals surface area contributed by atoms with Crippen LogP contribution in [0.1, 0.15) is 19.8 Å². The number of amides is 1. The lowest BCUT2D eigenvalue weighted by molar-refractivity contribution is -0.120. The van der Waals surface area contributed by atoms with Crippen LogP contribution in [0.3, 0.4) is 0 Å². The molecule has 0 aliphatic carbocycles. The van der Waals surface area contributed by atoms with E-state index in [2.05, 4.69) is 5.32 Å². The Balaban J connectivity index is 1.60. The highest BCUT2D eigenvalue weighted by atomic mass is 32.2. The molecular weight excluding hydrogens is 372 g/mol. The first kappa shape index (κ1) is 18.9.